The van der Waals surface area contributed by atoms with E-state index in [0.29, 0.717) is 34.4 Å². The standard InChI is InChI=1S/2C24H27N5O2/c2*25-23(30)21-22(17-6-8-19(9-7-17)31-18-4-2-1-3-5-18)28-29-20(12-15-27-24(21)29)16-10-13-26-14-11-16/h2*1-9,16,20,26-27H,10-15H2,(H2,25,30)/t20-;/m0./s1. The first-order valence-electron chi connectivity index (χ1n) is 21.8. The number of fused-ring (bicyclic) bond motifs is 2. The lowest BCUT2D eigenvalue weighted by molar-refractivity contribution is 0.0992. The third-order valence-corrected chi connectivity index (χ3v) is 12.5. The molecule has 6 heterocycles. The van der Waals surface area contributed by atoms with E-state index >= 15 is 0 Å². The highest BCUT2D eigenvalue weighted by atomic mass is 16.5. The summed E-state index contributed by atoms with van der Waals surface area (Å²) in [4.78, 5) is 24.8. The van der Waals surface area contributed by atoms with Crippen molar-refractivity contribution in [1.29, 1.82) is 0 Å². The van der Waals surface area contributed by atoms with E-state index < -0.39 is 11.8 Å². The monoisotopic (exact) mass is 834 g/mol. The quantitative estimate of drug-likeness (QED) is 0.0803. The molecule has 10 rings (SSSR count). The molecular formula is C48H54N10O4. The van der Waals surface area contributed by atoms with E-state index in [0.717, 1.165) is 124 Å². The maximum absolute atomic E-state index is 12.4. The van der Waals surface area contributed by atoms with Crippen molar-refractivity contribution in [2.24, 2.45) is 23.3 Å². The van der Waals surface area contributed by atoms with Gasteiger partial charge in [0.2, 0.25) is 0 Å². The van der Waals surface area contributed by atoms with Crippen LogP contribution in [0.15, 0.2) is 109 Å². The first-order chi connectivity index (χ1) is 30.4. The van der Waals surface area contributed by atoms with Crippen LogP contribution in [0.1, 0.15) is 71.3 Å². The maximum Gasteiger partial charge on any atom is 0.254 e. The summed E-state index contributed by atoms with van der Waals surface area (Å²) in [5, 5.41) is 23.4. The molecule has 14 nitrogen and oxygen atoms in total. The Bertz CT molecular complexity index is 2280. The summed E-state index contributed by atoms with van der Waals surface area (Å²) in [6.07, 6.45) is 6.49. The van der Waals surface area contributed by atoms with Gasteiger partial charge in [0.05, 0.1) is 12.1 Å². The Hall–Kier alpha value is -6.64. The molecule has 320 valence electrons. The van der Waals surface area contributed by atoms with Crippen LogP contribution in [0.4, 0.5) is 11.6 Å². The minimum Gasteiger partial charge on any atom is -0.457 e. The van der Waals surface area contributed by atoms with Crippen LogP contribution < -0.4 is 42.2 Å². The fraction of sp³-hybridized carbons (Fsp3) is 0.333. The Morgan fingerprint density at radius 3 is 1.19 bits per heavy atom. The molecular weight excluding hydrogens is 781 g/mol. The molecule has 0 bridgehead atoms. The summed E-state index contributed by atoms with van der Waals surface area (Å²) >= 11 is 0. The molecule has 0 spiro atoms. The van der Waals surface area contributed by atoms with E-state index in [1.807, 2.05) is 119 Å². The van der Waals surface area contributed by atoms with E-state index in [9.17, 15) is 9.59 Å². The van der Waals surface area contributed by atoms with Gasteiger partial charge in [-0.3, -0.25) is 9.59 Å². The van der Waals surface area contributed by atoms with E-state index in [4.69, 9.17) is 31.1 Å². The zero-order valence-electron chi connectivity index (χ0n) is 34.8. The van der Waals surface area contributed by atoms with Crippen LogP contribution in [-0.4, -0.2) is 70.6 Å². The highest BCUT2D eigenvalue weighted by Crippen LogP contribution is 2.41. The van der Waals surface area contributed by atoms with Gasteiger partial charge in [-0.1, -0.05) is 36.4 Å². The van der Waals surface area contributed by atoms with Crippen molar-refractivity contribution in [2.45, 2.75) is 50.6 Å². The fourth-order valence-corrected chi connectivity index (χ4v) is 9.42. The van der Waals surface area contributed by atoms with Gasteiger partial charge in [-0.2, -0.15) is 10.2 Å². The lowest BCUT2D eigenvalue weighted by Crippen LogP contribution is -2.36. The molecule has 0 aliphatic carbocycles. The summed E-state index contributed by atoms with van der Waals surface area (Å²) in [5.74, 6) is 4.70. The molecule has 6 aromatic rings. The number of hydrogen-bond acceptors (Lipinski definition) is 10. The summed E-state index contributed by atoms with van der Waals surface area (Å²) in [7, 11) is 0. The van der Waals surface area contributed by atoms with Crippen molar-refractivity contribution in [3.63, 3.8) is 0 Å². The summed E-state index contributed by atoms with van der Waals surface area (Å²) < 4.78 is 15.8. The van der Waals surface area contributed by atoms with E-state index in [-0.39, 0.29) is 12.1 Å². The number of primary amides is 2. The van der Waals surface area contributed by atoms with E-state index in [1.54, 1.807) is 0 Å². The summed E-state index contributed by atoms with van der Waals surface area (Å²) in [6.45, 7) is 5.77. The minimum atomic E-state index is -0.459. The summed E-state index contributed by atoms with van der Waals surface area (Å²) in [6, 6.07) is 35.1. The van der Waals surface area contributed by atoms with Gasteiger partial charge in [-0.05, 0) is 149 Å². The van der Waals surface area contributed by atoms with Crippen molar-refractivity contribution in [3.05, 3.63) is 120 Å². The number of amides is 2. The molecule has 8 N–H and O–H groups in total. The molecule has 4 aliphatic heterocycles. The van der Waals surface area contributed by atoms with Gasteiger partial charge in [0.15, 0.2) is 0 Å². The number of nitrogens with zero attached hydrogens (tertiary/aromatic N) is 4. The molecule has 4 aliphatic rings. The number of benzene rings is 4. The van der Waals surface area contributed by atoms with Gasteiger partial charge in [0.25, 0.3) is 11.8 Å². The lowest BCUT2D eigenvalue weighted by Gasteiger charge is -2.34. The SMILES string of the molecule is NC(=O)c1c(-c2ccc(Oc3ccccc3)cc2)nn2c1NCCC2C1CCNCC1.NC(=O)c1c(-c2ccc(Oc3ccccc3)cc2)nn2c1NCC[C@H]2C1CCNCC1. The Labute approximate surface area is 361 Å². The smallest absolute Gasteiger partial charge is 0.254 e. The number of piperidine rings is 2. The highest BCUT2D eigenvalue weighted by Gasteiger charge is 2.36. The maximum atomic E-state index is 12.4. The molecule has 2 fully saturated rings. The third kappa shape index (κ3) is 8.74. The van der Waals surface area contributed by atoms with Crippen molar-refractivity contribution >= 4 is 23.5 Å². The molecule has 0 saturated carbocycles. The molecule has 2 amide bonds. The Kier molecular flexibility index (Phi) is 12.2. The molecule has 0 radical (unpaired) electrons. The van der Waals surface area contributed by atoms with Crippen molar-refractivity contribution in [2.75, 3.05) is 49.9 Å². The number of nitrogens with one attached hydrogen (secondary N) is 4. The normalized spacial score (nSPS) is 18.8. The van der Waals surface area contributed by atoms with Crippen LogP contribution in [0.5, 0.6) is 23.0 Å². The number of hydrogen-bond donors (Lipinski definition) is 6. The van der Waals surface area contributed by atoms with Crippen LogP contribution in [-0.2, 0) is 0 Å². The second-order valence-electron chi connectivity index (χ2n) is 16.4. The van der Waals surface area contributed by atoms with Crippen LogP contribution in [0.2, 0.25) is 0 Å². The number of carbonyl (C=O) groups is 2. The number of aromatic nitrogens is 4. The Balaban J connectivity index is 0.000000158. The first-order valence-corrected chi connectivity index (χ1v) is 21.8. The second kappa shape index (κ2) is 18.5. The number of para-hydroxylation sites is 2. The first kappa shape index (κ1) is 40.7. The van der Waals surface area contributed by atoms with Gasteiger partial charge in [-0.15, -0.1) is 0 Å². The zero-order chi connectivity index (χ0) is 42.4. The van der Waals surface area contributed by atoms with Crippen molar-refractivity contribution in [1.82, 2.24) is 30.2 Å². The third-order valence-electron chi connectivity index (χ3n) is 12.5. The molecule has 2 aromatic heterocycles. The number of ether oxygens (including phenoxy) is 2. The van der Waals surface area contributed by atoms with E-state index in [2.05, 4.69) is 21.3 Å². The van der Waals surface area contributed by atoms with Crippen LogP contribution in [0.25, 0.3) is 22.5 Å². The van der Waals surface area contributed by atoms with Gasteiger partial charge in [-0.25, -0.2) is 9.36 Å². The predicted octanol–water partition coefficient (Wildman–Crippen LogP) is 7.60. The van der Waals surface area contributed by atoms with Crippen LogP contribution in [0.3, 0.4) is 0 Å². The Morgan fingerprint density at radius 2 is 0.839 bits per heavy atom. The van der Waals surface area contributed by atoms with Gasteiger partial charge in [0, 0.05) is 24.2 Å². The summed E-state index contributed by atoms with van der Waals surface area (Å²) in [5.41, 5.74) is 15.5. The molecule has 1 unspecified atom stereocenters. The predicted molar refractivity (Wildman–Crippen MR) is 241 cm³/mol. The van der Waals surface area contributed by atoms with Gasteiger partial charge < -0.3 is 42.2 Å². The zero-order valence-corrected chi connectivity index (χ0v) is 34.8. The molecule has 2 atom stereocenters. The topological polar surface area (TPSA) is 188 Å². The Morgan fingerprint density at radius 1 is 0.484 bits per heavy atom. The second-order valence-corrected chi connectivity index (χ2v) is 16.4. The number of nitrogens with two attached hydrogens (primary N) is 2. The molecule has 2 saturated heterocycles. The van der Waals surface area contributed by atoms with Crippen molar-refractivity contribution in [3.8, 4) is 45.5 Å². The van der Waals surface area contributed by atoms with Crippen LogP contribution in [0, 0.1) is 11.8 Å². The average Bonchev–Trinajstić information content (AvgIpc) is 3.91. The number of rotatable bonds is 10. The van der Waals surface area contributed by atoms with Crippen LogP contribution >= 0.6 is 0 Å². The average molecular weight is 835 g/mol. The fourth-order valence-electron chi connectivity index (χ4n) is 9.42. The minimum absolute atomic E-state index is 0.283. The molecule has 62 heavy (non-hydrogen) atoms. The lowest BCUT2D eigenvalue weighted by atomic mass is 9.87. The van der Waals surface area contributed by atoms with Gasteiger partial charge >= 0.3 is 0 Å². The highest BCUT2D eigenvalue weighted by molar-refractivity contribution is 6.04. The molecule has 4 aromatic carbocycles. The van der Waals surface area contributed by atoms with E-state index in [1.165, 1.54) is 0 Å². The number of carbonyl (C=O) groups excluding carboxylic acids is 2. The number of anilines is 2. The van der Waals surface area contributed by atoms with Gasteiger partial charge in [0.1, 0.15) is 57.1 Å². The van der Waals surface area contributed by atoms with Crippen molar-refractivity contribution < 1.29 is 19.1 Å². The molecule has 14 heteroatoms. The largest absolute Gasteiger partial charge is 0.457 e.